The quantitative estimate of drug-likeness (QED) is 0.765. The van der Waals surface area contributed by atoms with Gasteiger partial charge in [-0.1, -0.05) is 53.4 Å². The molecule has 0 N–H and O–H groups in total. The van der Waals surface area contributed by atoms with Gasteiger partial charge in [0.15, 0.2) is 0 Å². The van der Waals surface area contributed by atoms with E-state index in [0.29, 0.717) is 12.1 Å². The van der Waals surface area contributed by atoms with E-state index in [0.717, 1.165) is 5.30 Å². The molecule has 0 radical (unpaired) electrons. The fourth-order valence-corrected chi connectivity index (χ4v) is 6.81. The smallest absolute Gasteiger partial charge is 0.127 e. The van der Waals surface area contributed by atoms with E-state index >= 15 is 0 Å². The maximum absolute atomic E-state index is 6.67. The van der Waals surface area contributed by atoms with E-state index in [1.165, 1.54) is 0 Å². The van der Waals surface area contributed by atoms with Crippen molar-refractivity contribution in [3.8, 4) is 0 Å². The third-order valence-corrected chi connectivity index (χ3v) is 7.19. The molecule has 0 aliphatic carbocycles. The average Bonchev–Trinajstić information content (AvgIpc) is 2.17. The van der Waals surface area contributed by atoms with Crippen LogP contribution < -0.4 is 5.30 Å². The summed E-state index contributed by atoms with van der Waals surface area (Å²) in [6, 6.07) is 10.8. The summed E-state index contributed by atoms with van der Waals surface area (Å²) in [7, 11) is 0. The molecule has 0 unspecified atom stereocenters. The topological polar surface area (TPSA) is 3.24 Å². The third-order valence-electron chi connectivity index (χ3n) is 2.43. The minimum Gasteiger partial charge on any atom is -0.255 e. The summed E-state index contributed by atoms with van der Waals surface area (Å²) in [5.74, 6) is 0. The number of hydrogen-bond acceptors (Lipinski definition) is 1. The van der Waals surface area contributed by atoms with Crippen molar-refractivity contribution in [2.24, 2.45) is 0 Å². The summed E-state index contributed by atoms with van der Waals surface area (Å²) in [5, 5.41) is 1.08. The highest BCUT2D eigenvalue weighted by Crippen LogP contribution is 2.56. The molecule has 0 fully saturated rings. The zero-order valence-electron chi connectivity index (χ0n) is 10.2. The maximum Gasteiger partial charge on any atom is 0.127 e. The molecule has 0 spiro atoms. The van der Waals surface area contributed by atoms with Crippen LogP contribution in [-0.4, -0.2) is 16.8 Å². The molecule has 0 bridgehead atoms. The third kappa shape index (κ3) is 3.07. The van der Waals surface area contributed by atoms with Gasteiger partial charge in [0.05, 0.1) is 0 Å². The van der Waals surface area contributed by atoms with Gasteiger partial charge in [-0.3, -0.25) is 4.67 Å². The van der Waals surface area contributed by atoms with Gasteiger partial charge < -0.3 is 0 Å². The molecule has 1 aromatic carbocycles. The molecule has 0 saturated carbocycles. The Morgan fingerprint density at radius 2 is 1.50 bits per heavy atom. The lowest BCUT2D eigenvalue weighted by Gasteiger charge is -2.37. The Labute approximate surface area is 109 Å². The maximum atomic E-state index is 6.67. The summed E-state index contributed by atoms with van der Waals surface area (Å²) >= 11 is 12.4. The van der Waals surface area contributed by atoms with Crippen molar-refractivity contribution in [1.82, 2.24) is 4.67 Å². The predicted molar refractivity (Wildman–Crippen MR) is 78.3 cm³/mol. The number of rotatable bonds is 4. The van der Waals surface area contributed by atoms with Crippen LogP contribution in [0, 0.1) is 0 Å². The molecule has 0 aliphatic heterocycles. The van der Waals surface area contributed by atoms with E-state index in [1.54, 1.807) is 0 Å². The fraction of sp³-hybridized carbons (Fsp3) is 0.500. The molecule has 1 atom stereocenters. The van der Waals surface area contributed by atoms with Crippen LogP contribution in [0.3, 0.4) is 0 Å². The van der Waals surface area contributed by atoms with Crippen molar-refractivity contribution in [3.63, 3.8) is 0 Å². The molecule has 0 aromatic heterocycles. The average molecular weight is 276 g/mol. The van der Waals surface area contributed by atoms with E-state index in [2.05, 4.69) is 32.4 Å². The van der Waals surface area contributed by atoms with Crippen molar-refractivity contribution in [2.75, 3.05) is 0 Å². The molecule has 16 heavy (non-hydrogen) atoms. The van der Waals surface area contributed by atoms with Crippen LogP contribution in [0.2, 0.25) is 0 Å². The normalized spacial score (nSPS) is 15.8. The monoisotopic (exact) mass is 275 g/mol. The molecule has 1 rings (SSSR count). The minimum absolute atomic E-state index is 0.364. The van der Waals surface area contributed by atoms with Crippen LogP contribution in [0.4, 0.5) is 0 Å². The Morgan fingerprint density at radius 3 is 1.88 bits per heavy atom. The molecule has 0 aliphatic rings. The van der Waals surface area contributed by atoms with E-state index in [9.17, 15) is 0 Å². The summed E-state index contributed by atoms with van der Waals surface area (Å²) in [6.45, 7) is 8.58. The van der Waals surface area contributed by atoms with Gasteiger partial charge in [0, 0.05) is 17.4 Å². The lowest BCUT2D eigenvalue weighted by atomic mass is 10.3. The molecule has 1 nitrogen and oxygen atoms in total. The van der Waals surface area contributed by atoms with Crippen molar-refractivity contribution in [1.29, 1.82) is 0 Å². The van der Waals surface area contributed by atoms with Crippen LogP contribution in [0.5, 0.6) is 0 Å². The molecular formula is C12H19ClNPS. The Hall–Kier alpha value is 0.120. The van der Waals surface area contributed by atoms with Crippen molar-refractivity contribution < 1.29 is 0 Å². The molecule has 0 amide bonds. The minimum atomic E-state index is -2.13. The largest absolute Gasteiger partial charge is 0.255 e. The second-order valence-corrected chi connectivity index (χ2v) is 10.0. The van der Waals surface area contributed by atoms with Gasteiger partial charge in [-0.25, -0.2) is 0 Å². The molecule has 1 aromatic rings. The highest BCUT2D eigenvalue weighted by molar-refractivity contribution is 8.29. The van der Waals surface area contributed by atoms with E-state index < -0.39 is 5.54 Å². The molecule has 0 heterocycles. The van der Waals surface area contributed by atoms with Crippen LogP contribution in [0.15, 0.2) is 30.3 Å². The van der Waals surface area contributed by atoms with Crippen LogP contribution in [0.25, 0.3) is 0 Å². The van der Waals surface area contributed by atoms with E-state index in [1.807, 2.05) is 30.3 Å². The molecule has 90 valence electrons. The van der Waals surface area contributed by atoms with E-state index in [4.69, 9.17) is 23.0 Å². The second kappa shape index (κ2) is 5.64. The van der Waals surface area contributed by atoms with Gasteiger partial charge in [0.25, 0.3) is 0 Å². The SMILES string of the molecule is CC(C)N(C(C)C)[P@@](=S)(Cl)c1ccccc1. The van der Waals surface area contributed by atoms with Crippen molar-refractivity contribution in [2.45, 2.75) is 39.8 Å². The zero-order valence-corrected chi connectivity index (χ0v) is 12.7. The number of hydrogen-bond donors (Lipinski definition) is 0. The Morgan fingerprint density at radius 1 is 1.06 bits per heavy atom. The fourth-order valence-electron chi connectivity index (χ4n) is 1.94. The zero-order chi connectivity index (χ0) is 12.3. The number of nitrogens with zero attached hydrogens (tertiary/aromatic N) is 1. The first-order valence-electron chi connectivity index (χ1n) is 5.51. The van der Waals surface area contributed by atoms with Gasteiger partial charge in [-0.05, 0) is 27.7 Å². The lowest BCUT2D eigenvalue weighted by Crippen LogP contribution is -2.35. The van der Waals surface area contributed by atoms with Crippen LogP contribution >= 0.6 is 16.8 Å². The number of benzene rings is 1. The first-order chi connectivity index (χ1) is 7.37. The van der Waals surface area contributed by atoms with Gasteiger partial charge in [0.2, 0.25) is 0 Å². The van der Waals surface area contributed by atoms with Gasteiger partial charge in [0.1, 0.15) is 5.54 Å². The summed E-state index contributed by atoms with van der Waals surface area (Å²) < 4.78 is 2.25. The molecule has 4 heteroatoms. The highest BCUT2D eigenvalue weighted by Gasteiger charge is 2.29. The van der Waals surface area contributed by atoms with Gasteiger partial charge in [-0.2, -0.15) is 0 Å². The summed E-state index contributed by atoms with van der Waals surface area (Å²) in [4.78, 5) is 0. The predicted octanol–water partition coefficient (Wildman–Crippen LogP) is 3.98. The van der Waals surface area contributed by atoms with Crippen molar-refractivity contribution >= 4 is 33.9 Å². The first kappa shape index (κ1) is 14.2. The van der Waals surface area contributed by atoms with Gasteiger partial charge >= 0.3 is 0 Å². The Balaban J connectivity index is 3.14. The second-order valence-electron chi connectivity index (χ2n) is 4.41. The van der Waals surface area contributed by atoms with Crippen LogP contribution in [0.1, 0.15) is 27.7 Å². The Bertz CT molecular complexity index is 370. The van der Waals surface area contributed by atoms with Crippen molar-refractivity contribution in [3.05, 3.63) is 30.3 Å². The summed E-state index contributed by atoms with van der Waals surface area (Å²) in [5.41, 5.74) is -2.13. The lowest BCUT2D eigenvalue weighted by molar-refractivity contribution is 0.328. The molecule has 0 saturated heterocycles. The first-order valence-corrected chi connectivity index (χ1v) is 9.17. The van der Waals surface area contributed by atoms with Gasteiger partial charge in [-0.15, -0.1) is 0 Å². The molecular weight excluding hydrogens is 257 g/mol. The Kier molecular flexibility index (Phi) is 5.00. The standard InChI is InChI=1S/C12H19ClNPS/c1-10(2)14(11(3)4)15(13,16)12-8-6-5-7-9-12/h5-11H,1-4H3/t15-/m0/s1. The summed E-state index contributed by atoms with van der Waals surface area (Å²) in [6.07, 6.45) is 0. The number of halogens is 1. The van der Waals surface area contributed by atoms with Crippen LogP contribution in [-0.2, 0) is 11.8 Å². The van der Waals surface area contributed by atoms with E-state index in [-0.39, 0.29) is 0 Å². The highest BCUT2D eigenvalue weighted by atomic mass is 35.7.